The van der Waals surface area contributed by atoms with Gasteiger partial charge in [-0.25, -0.2) is 8.78 Å². The highest BCUT2D eigenvalue weighted by atomic mass is 19.1. The van der Waals surface area contributed by atoms with Crippen LogP contribution in [0.3, 0.4) is 0 Å². The van der Waals surface area contributed by atoms with Crippen LogP contribution in [0.15, 0.2) is 30.5 Å². The molecule has 4 heteroatoms. The van der Waals surface area contributed by atoms with Crippen LogP contribution in [-0.2, 0) is 0 Å². The summed E-state index contributed by atoms with van der Waals surface area (Å²) >= 11 is 0. The predicted octanol–water partition coefficient (Wildman–Crippen LogP) is 3.75. The van der Waals surface area contributed by atoms with E-state index in [0.29, 0.717) is 18.3 Å². The first-order valence-corrected chi connectivity index (χ1v) is 5.99. The third-order valence-electron chi connectivity index (χ3n) is 3.09. The van der Waals surface area contributed by atoms with Gasteiger partial charge in [0.15, 0.2) is 0 Å². The van der Waals surface area contributed by atoms with Crippen molar-refractivity contribution in [1.29, 1.82) is 0 Å². The molecule has 94 valence electrons. The van der Waals surface area contributed by atoms with Crippen molar-refractivity contribution < 1.29 is 13.5 Å². The Morgan fingerprint density at radius 1 is 1.17 bits per heavy atom. The van der Waals surface area contributed by atoms with Gasteiger partial charge in [-0.2, -0.15) is 0 Å². The van der Waals surface area contributed by atoms with Gasteiger partial charge in [-0.15, -0.1) is 0 Å². The molecule has 1 N–H and O–H groups in total. The van der Waals surface area contributed by atoms with Crippen molar-refractivity contribution in [2.24, 2.45) is 5.92 Å². The third-order valence-corrected chi connectivity index (χ3v) is 3.09. The molecule has 0 radical (unpaired) electrons. The highest BCUT2D eigenvalue weighted by Crippen LogP contribution is 2.31. The van der Waals surface area contributed by atoms with Crippen LogP contribution >= 0.6 is 0 Å². The Bertz CT molecular complexity index is 561. The Hall–Kier alpha value is -1.84. The molecule has 1 aromatic heterocycles. The fourth-order valence-corrected chi connectivity index (χ4v) is 1.84. The van der Waals surface area contributed by atoms with Crippen molar-refractivity contribution in [2.45, 2.75) is 12.8 Å². The van der Waals surface area contributed by atoms with Crippen LogP contribution in [0.5, 0.6) is 5.75 Å². The van der Waals surface area contributed by atoms with Crippen LogP contribution in [0.25, 0.3) is 11.3 Å². The molecule has 18 heavy (non-hydrogen) atoms. The summed E-state index contributed by atoms with van der Waals surface area (Å²) < 4.78 is 32.7. The summed E-state index contributed by atoms with van der Waals surface area (Å²) in [7, 11) is 0. The monoisotopic (exact) mass is 249 g/mol. The van der Waals surface area contributed by atoms with Gasteiger partial charge < -0.3 is 9.72 Å². The van der Waals surface area contributed by atoms with Gasteiger partial charge in [0.25, 0.3) is 0 Å². The van der Waals surface area contributed by atoms with E-state index in [-0.39, 0.29) is 11.3 Å². The van der Waals surface area contributed by atoms with E-state index in [4.69, 9.17) is 4.74 Å². The van der Waals surface area contributed by atoms with E-state index in [9.17, 15) is 8.78 Å². The molecule has 0 amide bonds. The molecule has 0 atom stereocenters. The molecule has 0 bridgehead atoms. The van der Waals surface area contributed by atoms with Crippen molar-refractivity contribution in [1.82, 2.24) is 4.98 Å². The van der Waals surface area contributed by atoms with Crippen molar-refractivity contribution in [3.8, 4) is 17.0 Å². The predicted molar refractivity (Wildman–Crippen MR) is 64.4 cm³/mol. The maximum atomic E-state index is 13.9. The van der Waals surface area contributed by atoms with E-state index < -0.39 is 11.6 Å². The number of H-pyrrole nitrogens is 1. The van der Waals surface area contributed by atoms with Crippen LogP contribution in [0, 0.1) is 17.6 Å². The van der Waals surface area contributed by atoms with Gasteiger partial charge in [0.1, 0.15) is 17.4 Å². The number of nitrogens with one attached hydrogen (secondary N) is 1. The number of aromatic nitrogens is 1. The smallest absolute Gasteiger partial charge is 0.148 e. The summed E-state index contributed by atoms with van der Waals surface area (Å²) in [6.45, 7) is 0.635. The minimum absolute atomic E-state index is 0.168. The van der Waals surface area contributed by atoms with Gasteiger partial charge in [0.05, 0.1) is 12.3 Å². The summed E-state index contributed by atoms with van der Waals surface area (Å²) in [5.41, 5.74) is 0.387. The zero-order valence-electron chi connectivity index (χ0n) is 9.75. The first kappa shape index (κ1) is 11.3. The van der Waals surface area contributed by atoms with Crippen LogP contribution in [0.4, 0.5) is 8.78 Å². The fraction of sp³-hybridized carbons (Fsp3) is 0.286. The second kappa shape index (κ2) is 4.44. The van der Waals surface area contributed by atoms with E-state index in [1.165, 1.54) is 37.2 Å². The molecule has 0 saturated heterocycles. The Kier molecular flexibility index (Phi) is 2.78. The quantitative estimate of drug-likeness (QED) is 0.877. The van der Waals surface area contributed by atoms with Gasteiger partial charge in [-0.1, -0.05) is 0 Å². The number of halogens is 2. The third kappa shape index (κ3) is 2.23. The normalized spacial score (nSPS) is 14.8. The second-order valence-electron chi connectivity index (χ2n) is 4.60. The zero-order chi connectivity index (χ0) is 12.5. The van der Waals surface area contributed by atoms with E-state index in [1.54, 1.807) is 6.07 Å². The number of hydrogen-bond donors (Lipinski definition) is 1. The van der Waals surface area contributed by atoms with E-state index in [1.807, 2.05) is 0 Å². The molecular weight excluding hydrogens is 236 g/mol. The van der Waals surface area contributed by atoms with Crippen LogP contribution in [0.2, 0.25) is 0 Å². The van der Waals surface area contributed by atoms with Crippen molar-refractivity contribution in [2.75, 3.05) is 6.61 Å². The summed E-state index contributed by atoms with van der Waals surface area (Å²) in [5, 5.41) is 0. The van der Waals surface area contributed by atoms with Gasteiger partial charge in [-0.3, -0.25) is 0 Å². The van der Waals surface area contributed by atoms with E-state index >= 15 is 0 Å². The fourth-order valence-electron chi connectivity index (χ4n) is 1.84. The lowest BCUT2D eigenvalue weighted by atomic mass is 10.1. The molecule has 2 aromatic rings. The largest absolute Gasteiger partial charge is 0.493 e. The molecule has 1 fully saturated rings. The lowest BCUT2D eigenvalue weighted by Crippen LogP contribution is -1.99. The first-order chi connectivity index (χ1) is 8.74. The molecule has 1 aromatic carbocycles. The van der Waals surface area contributed by atoms with Crippen LogP contribution in [0.1, 0.15) is 12.8 Å². The number of hydrogen-bond acceptors (Lipinski definition) is 1. The molecule has 0 spiro atoms. The molecule has 1 aliphatic rings. The van der Waals surface area contributed by atoms with Gasteiger partial charge >= 0.3 is 0 Å². The van der Waals surface area contributed by atoms with Crippen molar-refractivity contribution in [3.63, 3.8) is 0 Å². The summed E-state index contributed by atoms with van der Waals surface area (Å²) in [6.07, 6.45) is 3.82. The Morgan fingerprint density at radius 3 is 2.61 bits per heavy atom. The average Bonchev–Trinajstić information content (AvgIpc) is 3.09. The van der Waals surface area contributed by atoms with E-state index in [0.717, 1.165) is 0 Å². The Balaban J connectivity index is 1.82. The molecule has 1 aliphatic carbocycles. The first-order valence-electron chi connectivity index (χ1n) is 5.99. The molecule has 0 aliphatic heterocycles. The van der Waals surface area contributed by atoms with Gasteiger partial charge in [0.2, 0.25) is 0 Å². The van der Waals surface area contributed by atoms with Crippen LogP contribution in [-0.4, -0.2) is 11.6 Å². The van der Waals surface area contributed by atoms with Gasteiger partial charge in [0, 0.05) is 17.8 Å². The zero-order valence-corrected chi connectivity index (χ0v) is 9.75. The summed E-state index contributed by atoms with van der Waals surface area (Å²) in [4.78, 5) is 2.69. The molecule has 2 nitrogen and oxygen atoms in total. The molecule has 0 unspecified atom stereocenters. The van der Waals surface area contributed by atoms with Crippen molar-refractivity contribution >= 4 is 0 Å². The number of rotatable bonds is 4. The molecular formula is C14H13F2NO. The number of aromatic amines is 1. The minimum Gasteiger partial charge on any atom is -0.493 e. The number of benzene rings is 1. The maximum Gasteiger partial charge on any atom is 0.148 e. The molecule has 1 saturated carbocycles. The van der Waals surface area contributed by atoms with Crippen LogP contribution < -0.4 is 4.74 Å². The highest BCUT2D eigenvalue weighted by molar-refractivity contribution is 5.61. The molecule has 1 heterocycles. The minimum atomic E-state index is -0.482. The highest BCUT2D eigenvalue weighted by Gasteiger charge is 2.22. The number of ether oxygens (including phenoxy) is 1. The summed E-state index contributed by atoms with van der Waals surface area (Å²) in [6, 6.07) is 5.78. The Morgan fingerprint density at radius 2 is 2.00 bits per heavy atom. The topological polar surface area (TPSA) is 25.0 Å². The Labute approximate surface area is 104 Å². The van der Waals surface area contributed by atoms with Gasteiger partial charge in [-0.05, 0) is 37.0 Å². The maximum absolute atomic E-state index is 13.9. The molecule has 3 rings (SSSR count). The lowest BCUT2D eigenvalue weighted by molar-refractivity contribution is 0.298. The SMILES string of the molecule is Fc1cc(OCC2CC2)ccc1-c1[nH]ccc1F. The lowest BCUT2D eigenvalue weighted by Gasteiger charge is -2.07. The second-order valence-corrected chi connectivity index (χ2v) is 4.60. The summed E-state index contributed by atoms with van der Waals surface area (Å²) in [5.74, 6) is 0.175. The van der Waals surface area contributed by atoms with E-state index in [2.05, 4.69) is 4.98 Å². The standard InChI is InChI=1S/C14H13F2NO/c15-12-5-6-17-14(12)11-4-3-10(7-13(11)16)18-8-9-1-2-9/h3-7,9,17H,1-2,8H2. The van der Waals surface area contributed by atoms with Crippen molar-refractivity contribution in [3.05, 3.63) is 42.1 Å². The average molecular weight is 249 g/mol.